The molecule has 0 unspecified atom stereocenters. The maximum Gasteiger partial charge on any atom is 0.319 e. The van der Waals surface area contributed by atoms with Gasteiger partial charge in [0.2, 0.25) is 0 Å². The van der Waals surface area contributed by atoms with Gasteiger partial charge >= 0.3 is 6.01 Å². The smallest absolute Gasteiger partial charge is 0.319 e. The van der Waals surface area contributed by atoms with E-state index in [0.717, 1.165) is 48.8 Å². The van der Waals surface area contributed by atoms with Crippen LogP contribution < -0.4 is 14.5 Å². The second-order valence-corrected chi connectivity index (χ2v) is 7.16. The van der Waals surface area contributed by atoms with Crippen molar-refractivity contribution in [1.82, 2.24) is 19.9 Å². The predicted molar refractivity (Wildman–Crippen MR) is 105 cm³/mol. The van der Waals surface area contributed by atoms with Gasteiger partial charge in [-0.05, 0) is 38.5 Å². The first-order valence-electron chi connectivity index (χ1n) is 10.0. The number of methoxy groups -OCH3 is 1. The zero-order valence-corrected chi connectivity index (χ0v) is 16.1. The zero-order chi connectivity index (χ0) is 18.5. The van der Waals surface area contributed by atoms with E-state index in [2.05, 4.69) is 19.8 Å². The second-order valence-electron chi connectivity index (χ2n) is 7.16. The van der Waals surface area contributed by atoms with Crippen molar-refractivity contribution in [1.29, 1.82) is 0 Å². The summed E-state index contributed by atoms with van der Waals surface area (Å²) >= 11 is 0. The number of ether oxygens (including phenoxy) is 2. The minimum atomic E-state index is 0.383. The first kappa shape index (κ1) is 18.2. The average Bonchev–Trinajstić information content (AvgIpc) is 2.74. The highest BCUT2D eigenvalue weighted by Crippen LogP contribution is 2.32. The number of anilines is 2. The minimum absolute atomic E-state index is 0.383. The van der Waals surface area contributed by atoms with E-state index in [4.69, 9.17) is 19.4 Å². The number of hydrogen-bond donors (Lipinski definition) is 0. The summed E-state index contributed by atoms with van der Waals surface area (Å²) in [6, 6.07) is 0.383. The van der Waals surface area contributed by atoms with E-state index < -0.39 is 0 Å². The molecule has 8 nitrogen and oxygen atoms in total. The molecule has 0 aliphatic carbocycles. The highest BCUT2D eigenvalue weighted by Gasteiger charge is 2.23. The van der Waals surface area contributed by atoms with Crippen LogP contribution in [0.3, 0.4) is 0 Å². The molecule has 0 saturated carbocycles. The van der Waals surface area contributed by atoms with Crippen LogP contribution in [0, 0.1) is 0 Å². The van der Waals surface area contributed by atoms with E-state index in [1.165, 1.54) is 38.5 Å². The van der Waals surface area contributed by atoms with Crippen LogP contribution in [0.2, 0.25) is 0 Å². The molecular formula is C19H28N6O2. The molecule has 0 radical (unpaired) electrons. The number of hydrogen-bond acceptors (Lipinski definition) is 8. The topological polar surface area (TPSA) is 76.5 Å². The number of rotatable bonds is 6. The largest absolute Gasteiger partial charge is 0.461 e. The maximum absolute atomic E-state index is 5.78. The number of piperidine rings is 2. The lowest BCUT2D eigenvalue weighted by molar-refractivity contribution is 0.141. The molecule has 2 aliphatic rings. The summed E-state index contributed by atoms with van der Waals surface area (Å²) in [6.07, 6.45) is 8.92. The molecule has 2 saturated heterocycles. The molecular weight excluding hydrogens is 344 g/mol. The lowest BCUT2D eigenvalue weighted by Gasteiger charge is -2.30. The Morgan fingerprint density at radius 2 is 1.44 bits per heavy atom. The summed E-state index contributed by atoms with van der Waals surface area (Å²) in [7, 11) is 1.66. The van der Waals surface area contributed by atoms with Crippen molar-refractivity contribution in [3.05, 3.63) is 6.33 Å². The summed E-state index contributed by atoms with van der Waals surface area (Å²) < 4.78 is 10.9. The third-order valence-electron chi connectivity index (χ3n) is 5.25. The third kappa shape index (κ3) is 4.05. The Morgan fingerprint density at radius 1 is 0.778 bits per heavy atom. The van der Waals surface area contributed by atoms with E-state index >= 15 is 0 Å². The standard InChI is InChI=1S/C19H28N6O2/c1-26-12-13-27-19-22-16-15(18(23-19)25-10-6-3-7-11-25)20-14-21-17(16)24-8-4-2-5-9-24/h14H,2-13H2,1H3. The van der Waals surface area contributed by atoms with Crippen molar-refractivity contribution in [2.45, 2.75) is 38.5 Å². The monoisotopic (exact) mass is 372 g/mol. The summed E-state index contributed by atoms with van der Waals surface area (Å²) in [6.45, 7) is 4.93. The summed E-state index contributed by atoms with van der Waals surface area (Å²) in [4.78, 5) is 23.2. The van der Waals surface area contributed by atoms with Crippen molar-refractivity contribution in [3.8, 4) is 6.01 Å². The molecule has 2 aromatic heterocycles. The molecule has 0 spiro atoms. The Morgan fingerprint density at radius 3 is 2.11 bits per heavy atom. The Balaban J connectivity index is 1.76. The molecule has 4 heterocycles. The fourth-order valence-corrected chi connectivity index (χ4v) is 3.84. The quantitative estimate of drug-likeness (QED) is 0.716. The number of fused-ring (bicyclic) bond motifs is 1. The van der Waals surface area contributed by atoms with Crippen LogP contribution in [0.25, 0.3) is 11.0 Å². The van der Waals surface area contributed by atoms with Gasteiger partial charge in [0.25, 0.3) is 0 Å². The molecule has 0 amide bonds. The Hall–Kier alpha value is -2.22. The van der Waals surface area contributed by atoms with E-state index in [0.29, 0.717) is 19.2 Å². The van der Waals surface area contributed by atoms with Gasteiger partial charge in [-0.1, -0.05) is 0 Å². The van der Waals surface area contributed by atoms with Crippen molar-refractivity contribution < 1.29 is 9.47 Å². The third-order valence-corrected chi connectivity index (χ3v) is 5.25. The van der Waals surface area contributed by atoms with E-state index in [9.17, 15) is 0 Å². The number of nitrogens with zero attached hydrogens (tertiary/aromatic N) is 6. The van der Waals surface area contributed by atoms with Crippen molar-refractivity contribution in [3.63, 3.8) is 0 Å². The fourth-order valence-electron chi connectivity index (χ4n) is 3.84. The molecule has 0 atom stereocenters. The van der Waals surface area contributed by atoms with Crippen LogP contribution in [0.4, 0.5) is 11.6 Å². The van der Waals surface area contributed by atoms with Gasteiger partial charge in [-0.3, -0.25) is 0 Å². The molecule has 0 N–H and O–H groups in total. The zero-order valence-electron chi connectivity index (χ0n) is 16.1. The molecule has 4 rings (SSSR count). The van der Waals surface area contributed by atoms with Gasteiger partial charge in [0.1, 0.15) is 24.0 Å². The molecule has 0 aromatic carbocycles. The van der Waals surface area contributed by atoms with Gasteiger partial charge in [-0.2, -0.15) is 9.97 Å². The van der Waals surface area contributed by atoms with Crippen LogP contribution >= 0.6 is 0 Å². The lowest BCUT2D eigenvalue weighted by Crippen LogP contribution is -2.32. The van der Waals surface area contributed by atoms with E-state index in [1.807, 2.05) is 0 Å². The van der Waals surface area contributed by atoms with E-state index in [-0.39, 0.29) is 0 Å². The minimum Gasteiger partial charge on any atom is -0.461 e. The Bertz CT molecular complexity index is 759. The molecule has 0 bridgehead atoms. The maximum atomic E-state index is 5.78. The molecule has 2 aromatic rings. The second kappa shape index (κ2) is 8.65. The van der Waals surface area contributed by atoms with Gasteiger partial charge in [0, 0.05) is 33.3 Å². The van der Waals surface area contributed by atoms with Gasteiger partial charge in [-0.25, -0.2) is 9.97 Å². The van der Waals surface area contributed by atoms with Crippen LogP contribution in [0.1, 0.15) is 38.5 Å². The molecule has 2 fully saturated rings. The summed E-state index contributed by atoms with van der Waals surface area (Å²) in [5.74, 6) is 1.77. The average molecular weight is 372 g/mol. The first-order valence-corrected chi connectivity index (χ1v) is 10.0. The van der Waals surface area contributed by atoms with Crippen LogP contribution in [-0.2, 0) is 4.74 Å². The Kier molecular flexibility index (Phi) is 5.81. The van der Waals surface area contributed by atoms with Crippen LogP contribution in [-0.4, -0.2) is 66.4 Å². The van der Waals surface area contributed by atoms with Gasteiger partial charge in [0.05, 0.1) is 6.61 Å². The van der Waals surface area contributed by atoms with Crippen molar-refractivity contribution in [2.24, 2.45) is 0 Å². The number of aromatic nitrogens is 4. The highest BCUT2D eigenvalue weighted by molar-refractivity contribution is 5.93. The highest BCUT2D eigenvalue weighted by atomic mass is 16.5. The molecule has 27 heavy (non-hydrogen) atoms. The van der Waals surface area contributed by atoms with Gasteiger partial charge < -0.3 is 19.3 Å². The molecule has 146 valence electrons. The molecule has 2 aliphatic heterocycles. The molecule has 8 heteroatoms. The summed E-state index contributed by atoms with van der Waals surface area (Å²) in [5, 5.41) is 0. The van der Waals surface area contributed by atoms with Gasteiger partial charge in [-0.15, -0.1) is 0 Å². The van der Waals surface area contributed by atoms with Crippen LogP contribution in [0.5, 0.6) is 6.01 Å². The van der Waals surface area contributed by atoms with Crippen LogP contribution in [0.15, 0.2) is 6.33 Å². The Labute approximate surface area is 159 Å². The SMILES string of the molecule is COCCOc1nc(N2CCCCC2)c2ncnc(N3CCCCC3)c2n1. The normalized spacial score (nSPS) is 18.1. The first-order chi connectivity index (χ1) is 13.4. The fraction of sp³-hybridized carbons (Fsp3) is 0.684. The van der Waals surface area contributed by atoms with E-state index in [1.54, 1.807) is 13.4 Å². The van der Waals surface area contributed by atoms with Gasteiger partial charge in [0.15, 0.2) is 11.6 Å². The predicted octanol–water partition coefficient (Wildman–Crippen LogP) is 2.43. The summed E-state index contributed by atoms with van der Waals surface area (Å²) in [5.41, 5.74) is 1.62. The van der Waals surface area contributed by atoms with Crippen molar-refractivity contribution in [2.75, 3.05) is 56.3 Å². The lowest BCUT2D eigenvalue weighted by atomic mass is 10.1. The van der Waals surface area contributed by atoms with Crippen molar-refractivity contribution >= 4 is 22.7 Å².